The number of carbonyl (C=O) groups is 2. The lowest BCUT2D eigenvalue weighted by atomic mass is 9.87. The van der Waals surface area contributed by atoms with Gasteiger partial charge in [-0.2, -0.15) is 16.4 Å². The summed E-state index contributed by atoms with van der Waals surface area (Å²) in [4.78, 5) is 27.9. The zero-order valence-electron chi connectivity index (χ0n) is 20.2. The summed E-state index contributed by atoms with van der Waals surface area (Å²) >= 11 is 9.80. The first-order chi connectivity index (χ1) is 16.7. The number of thioether (sulfide) groups is 1. The molecule has 0 fully saturated rings. The molecule has 1 atom stereocenters. The third kappa shape index (κ3) is 5.43. The lowest BCUT2D eigenvalue weighted by Gasteiger charge is -2.24. The number of benzene rings is 1. The number of amides is 2. The quantitative estimate of drug-likeness (QED) is 0.442. The molecular formula is C25H29ClN4O3S2. The monoisotopic (exact) mass is 532 g/mol. The van der Waals surface area contributed by atoms with Crippen LogP contribution in [0.4, 0.5) is 5.82 Å². The molecular weight excluding hydrogens is 504 g/mol. The summed E-state index contributed by atoms with van der Waals surface area (Å²) in [7, 11) is 1.58. The third-order valence-corrected chi connectivity index (χ3v) is 7.93. The lowest BCUT2D eigenvalue weighted by molar-refractivity contribution is -0.123. The molecule has 4 rings (SSSR count). The number of nitrogens with zero attached hydrogens (tertiary/aromatic N) is 3. The van der Waals surface area contributed by atoms with Crippen molar-refractivity contribution < 1.29 is 14.3 Å². The van der Waals surface area contributed by atoms with Gasteiger partial charge in [0.25, 0.3) is 0 Å². The number of methoxy groups -OCH3 is 1. The number of rotatable bonds is 7. The van der Waals surface area contributed by atoms with Crippen molar-refractivity contribution >= 4 is 52.3 Å². The number of para-hydroxylation sites is 1. The van der Waals surface area contributed by atoms with E-state index in [1.165, 1.54) is 0 Å². The molecule has 1 aliphatic rings. The maximum Gasteiger partial charge on any atom is 0.240 e. The van der Waals surface area contributed by atoms with Crippen molar-refractivity contribution in [3.8, 4) is 5.69 Å². The van der Waals surface area contributed by atoms with Crippen LogP contribution in [0.3, 0.4) is 0 Å². The van der Waals surface area contributed by atoms with E-state index in [9.17, 15) is 9.59 Å². The first-order valence-electron chi connectivity index (χ1n) is 11.3. The van der Waals surface area contributed by atoms with E-state index in [0.717, 1.165) is 16.8 Å². The molecule has 10 heteroatoms. The normalized spacial score (nSPS) is 16.2. The average Bonchev–Trinajstić information content (AvgIpc) is 3.44. The van der Waals surface area contributed by atoms with Gasteiger partial charge in [-0.3, -0.25) is 14.5 Å². The van der Waals surface area contributed by atoms with Gasteiger partial charge in [-0.15, -0.1) is 11.8 Å². The molecule has 0 unspecified atom stereocenters. The van der Waals surface area contributed by atoms with Crippen molar-refractivity contribution in [2.75, 3.05) is 37.5 Å². The third-order valence-electron chi connectivity index (χ3n) is 5.66. The Kier molecular flexibility index (Phi) is 7.90. The largest absolute Gasteiger partial charge is 0.383 e. The molecule has 0 saturated heterocycles. The van der Waals surface area contributed by atoms with E-state index in [2.05, 4.69) is 37.5 Å². The molecule has 0 saturated carbocycles. The maximum absolute atomic E-state index is 13.5. The Balaban J connectivity index is 1.94. The zero-order chi connectivity index (χ0) is 25.2. The molecule has 0 radical (unpaired) electrons. The number of carbonyl (C=O) groups excluding carboxylic acids is 2. The number of halogens is 1. The summed E-state index contributed by atoms with van der Waals surface area (Å²) in [5, 5.41) is 12.4. The Morgan fingerprint density at radius 2 is 2.06 bits per heavy atom. The number of aromatic nitrogens is 2. The van der Waals surface area contributed by atoms with Gasteiger partial charge < -0.3 is 10.1 Å². The molecule has 1 aliphatic heterocycles. The van der Waals surface area contributed by atoms with Gasteiger partial charge in [0.15, 0.2) is 0 Å². The van der Waals surface area contributed by atoms with Gasteiger partial charge in [-0.25, -0.2) is 4.68 Å². The van der Waals surface area contributed by atoms with E-state index < -0.39 is 0 Å². The molecule has 7 nitrogen and oxygen atoms in total. The van der Waals surface area contributed by atoms with Gasteiger partial charge in [0.2, 0.25) is 11.8 Å². The van der Waals surface area contributed by atoms with Gasteiger partial charge in [0.05, 0.1) is 34.0 Å². The molecule has 1 N–H and O–H groups in total. The van der Waals surface area contributed by atoms with Crippen LogP contribution >= 0.6 is 34.7 Å². The fourth-order valence-corrected chi connectivity index (χ4v) is 6.22. The van der Waals surface area contributed by atoms with Crippen LogP contribution in [0.1, 0.15) is 42.8 Å². The van der Waals surface area contributed by atoms with E-state index >= 15 is 0 Å². The Labute approximate surface area is 218 Å². The maximum atomic E-state index is 13.5. The molecule has 2 amide bonds. The first-order valence-corrected chi connectivity index (χ1v) is 13.7. The number of anilines is 1. The van der Waals surface area contributed by atoms with E-state index in [1.807, 2.05) is 23.6 Å². The van der Waals surface area contributed by atoms with Crippen molar-refractivity contribution in [3.63, 3.8) is 0 Å². The number of thiophene rings is 1. The van der Waals surface area contributed by atoms with Crippen LogP contribution in [0.25, 0.3) is 5.69 Å². The highest BCUT2D eigenvalue weighted by atomic mass is 35.5. The Morgan fingerprint density at radius 3 is 2.71 bits per heavy atom. The van der Waals surface area contributed by atoms with Crippen molar-refractivity contribution in [2.45, 2.75) is 31.4 Å². The van der Waals surface area contributed by atoms with E-state index in [-0.39, 0.29) is 34.8 Å². The standard InChI is InChI=1S/C25H29ClN4O3S2/c1-25(2,3)23-21-22(16-9-12-34-14-16)35-15-20(32)29(13-19(31)27-10-11-33-4)24(21)30(28-23)18-8-6-5-7-17(18)26/h5-9,12,14,22H,10-11,13,15H2,1-4H3,(H,27,31)/t22-/m0/s1. The van der Waals surface area contributed by atoms with Crippen LogP contribution in [0.2, 0.25) is 5.02 Å². The van der Waals surface area contributed by atoms with Crippen molar-refractivity contribution in [3.05, 3.63) is 62.9 Å². The Bertz CT molecular complexity index is 1200. The van der Waals surface area contributed by atoms with E-state index in [4.69, 9.17) is 21.4 Å². The molecule has 3 aromatic rings. The molecule has 1 aromatic carbocycles. The number of ether oxygens (including phenoxy) is 1. The highest BCUT2D eigenvalue weighted by Gasteiger charge is 2.40. The molecule has 2 aromatic heterocycles. The fraction of sp³-hybridized carbons (Fsp3) is 0.400. The molecule has 0 spiro atoms. The fourth-order valence-electron chi connectivity index (χ4n) is 4.04. The topological polar surface area (TPSA) is 76.5 Å². The second-order valence-electron chi connectivity index (χ2n) is 9.27. The van der Waals surface area contributed by atoms with Gasteiger partial charge >= 0.3 is 0 Å². The van der Waals surface area contributed by atoms with Crippen LogP contribution in [0, 0.1) is 0 Å². The summed E-state index contributed by atoms with van der Waals surface area (Å²) in [5.41, 5.74) is 3.27. The minimum absolute atomic E-state index is 0.104. The average molecular weight is 533 g/mol. The second kappa shape index (κ2) is 10.7. The summed E-state index contributed by atoms with van der Waals surface area (Å²) in [5.74, 6) is 0.428. The second-order valence-corrected chi connectivity index (χ2v) is 11.6. The van der Waals surface area contributed by atoms with E-state index in [0.29, 0.717) is 29.7 Å². The summed E-state index contributed by atoms with van der Waals surface area (Å²) in [6.07, 6.45) is 0. The summed E-state index contributed by atoms with van der Waals surface area (Å²) in [6.45, 7) is 6.97. The van der Waals surface area contributed by atoms with Crippen LogP contribution in [-0.4, -0.2) is 54.2 Å². The minimum Gasteiger partial charge on any atom is -0.383 e. The smallest absolute Gasteiger partial charge is 0.240 e. The first kappa shape index (κ1) is 25.8. The summed E-state index contributed by atoms with van der Waals surface area (Å²) < 4.78 is 6.78. The van der Waals surface area contributed by atoms with Crippen LogP contribution in [0.5, 0.6) is 0 Å². The van der Waals surface area contributed by atoms with Gasteiger partial charge in [0.1, 0.15) is 12.4 Å². The number of fused-ring (bicyclic) bond motifs is 1. The predicted octanol–water partition coefficient (Wildman–Crippen LogP) is 4.82. The van der Waals surface area contributed by atoms with E-state index in [1.54, 1.807) is 45.9 Å². The molecule has 0 aliphatic carbocycles. The van der Waals surface area contributed by atoms with Crippen molar-refractivity contribution in [2.24, 2.45) is 0 Å². The van der Waals surface area contributed by atoms with Crippen LogP contribution in [-0.2, 0) is 19.7 Å². The van der Waals surface area contributed by atoms with Crippen molar-refractivity contribution in [1.29, 1.82) is 0 Å². The van der Waals surface area contributed by atoms with Gasteiger partial charge in [-0.05, 0) is 34.5 Å². The number of hydrogen-bond acceptors (Lipinski definition) is 6. The number of hydrogen-bond donors (Lipinski definition) is 1. The molecule has 186 valence electrons. The van der Waals surface area contributed by atoms with Crippen LogP contribution < -0.4 is 10.2 Å². The minimum atomic E-state index is -0.314. The van der Waals surface area contributed by atoms with Gasteiger partial charge in [0, 0.05) is 24.6 Å². The molecule has 35 heavy (non-hydrogen) atoms. The van der Waals surface area contributed by atoms with Gasteiger partial charge in [-0.1, -0.05) is 44.5 Å². The highest BCUT2D eigenvalue weighted by Crippen LogP contribution is 2.49. The van der Waals surface area contributed by atoms with Crippen molar-refractivity contribution in [1.82, 2.24) is 15.1 Å². The predicted molar refractivity (Wildman–Crippen MR) is 143 cm³/mol. The van der Waals surface area contributed by atoms with Crippen LogP contribution in [0.15, 0.2) is 41.1 Å². The highest BCUT2D eigenvalue weighted by molar-refractivity contribution is 8.00. The Morgan fingerprint density at radius 1 is 1.29 bits per heavy atom. The Hall–Kier alpha value is -2.33. The lowest BCUT2D eigenvalue weighted by Crippen LogP contribution is -2.43. The SMILES string of the molecule is COCCNC(=O)CN1C(=O)CS[C@@H](c2ccsc2)c2c(C(C)(C)C)nn(-c3ccccc3Cl)c21. The zero-order valence-corrected chi connectivity index (χ0v) is 22.6. The molecule has 0 bridgehead atoms. The molecule has 3 heterocycles. The summed E-state index contributed by atoms with van der Waals surface area (Å²) in [6, 6.07) is 9.50. The number of nitrogens with one attached hydrogen (secondary N) is 1.